The van der Waals surface area contributed by atoms with Crippen LogP contribution in [0.1, 0.15) is 30.4 Å². The molecule has 2 atom stereocenters. The minimum absolute atomic E-state index is 0.331. The monoisotopic (exact) mass is 321 g/mol. The molecule has 0 saturated heterocycles. The second-order valence-corrected chi connectivity index (χ2v) is 7.84. The smallest absolute Gasteiger partial charge is 0.381 e. The molecule has 2 rings (SSSR count). The lowest BCUT2D eigenvalue weighted by molar-refractivity contribution is -0.137. The van der Waals surface area contributed by atoms with Gasteiger partial charge in [0.1, 0.15) is 0 Å². The Hall–Kier alpha value is -1.24. The van der Waals surface area contributed by atoms with Crippen LogP contribution in [0.5, 0.6) is 0 Å². The third-order valence-corrected chi connectivity index (χ3v) is 5.57. The Labute approximate surface area is 122 Å². The molecule has 0 bridgehead atoms. The fourth-order valence-electron chi connectivity index (χ4n) is 2.76. The maximum atomic E-state index is 12.8. The van der Waals surface area contributed by atoms with Crippen molar-refractivity contribution in [3.8, 4) is 0 Å². The molecule has 2 unspecified atom stereocenters. The summed E-state index contributed by atoms with van der Waals surface area (Å²) in [5, 5.41) is 2.46. The van der Waals surface area contributed by atoms with Crippen molar-refractivity contribution in [2.75, 3.05) is 11.6 Å². The topological polar surface area (TPSA) is 46.2 Å². The van der Waals surface area contributed by atoms with Crippen LogP contribution in [0.2, 0.25) is 0 Å². The van der Waals surface area contributed by atoms with Crippen molar-refractivity contribution in [2.24, 2.45) is 0 Å². The molecule has 118 valence electrons. The van der Waals surface area contributed by atoms with Crippen molar-refractivity contribution in [3.63, 3.8) is 0 Å². The van der Waals surface area contributed by atoms with Gasteiger partial charge in [0.2, 0.25) is 0 Å². The predicted molar refractivity (Wildman–Crippen MR) is 76.1 cm³/mol. The first-order chi connectivity index (χ1) is 9.59. The van der Waals surface area contributed by atoms with Crippen LogP contribution in [0.4, 0.5) is 18.9 Å². The number of nitrogens with one attached hydrogen (secondary N) is 1. The minimum Gasteiger partial charge on any atom is -0.381 e. The lowest BCUT2D eigenvalue weighted by Gasteiger charge is -2.22. The largest absolute Gasteiger partial charge is 0.416 e. The Balaban J connectivity index is 2.27. The van der Waals surface area contributed by atoms with Crippen LogP contribution in [-0.4, -0.2) is 26.0 Å². The number of alkyl halides is 3. The summed E-state index contributed by atoms with van der Waals surface area (Å²) in [4.78, 5) is 0. The average molecular weight is 321 g/mol. The van der Waals surface area contributed by atoms with E-state index in [1.54, 1.807) is 6.92 Å². The van der Waals surface area contributed by atoms with Crippen LogP contribution in [0.25, 0.3) is 0 Å². The molecule has 1 aliphatic rings. The van der Waals surface area contributed by atoms with E-state index < -0.39 is 26.8 Å². The molecule has 1 aromatic carbocycles. The van der Waals surface area contributed by atoms with E-state index in [-0.39, 0.29) is 6.04 Å². The van der Waals surface area contributed by atoms with Crippen molar-refractivity contribution in [3.05, 3.63) is 29.3 Å². The molecule has 1 N–H and O–H groups in total. The molecule has 1 aliphatic carbocycles. The van der Waals surface area contributed by atoms with Crippen LogP contribution in [0.15, 0.2) is 18.2 Å². The maximum absolute atomic E-state index is 12.8. The van der Waals surface area contributed by atoms with Crippen molar-refractivity contribution in [1.82, 2.24) is 0 Å². The molecule has 0 radical (unpaired) electrons. The fourth-order valence-corrected chi connectivity index (χ4v) is 4.15. The molecule has 1 aromatic rings. The fraction of sp³-hybridized carbons (Fsp3) is 0.571. The Bertz CT molecular complexity index is 626. The highest BCUT2D eigenvalue weighted by Crippen LogP contribution is 2.34. The van der Waals surface area contributed by atoms with Gasteiger partial charge < -0.3 is 5.32 Å². The zero-order chi connectivity index (χ0) is 15.8. The lowest BCUT2D eigenvalue weighted by atomic mass is 10.1. The van der Waals surface area contributed by atoms with Crippen LogP contribution < -0.4 is 5.32 Å². The van der Waals surface area contributed by atoms with Crippen molar-refractivity contribution >= 4 is 15.5 Å². The van der Waals surface area contributed by atoms with Crippen LogP contribution in [0, 0.1) is 6.92 Å². The zero-order valence-corrected chi connectivity index (χ0v) is 12.7. The zero-order valence-electron chi connectivity index (χ0n) is 11.9. The number of sulfone groups is 1. The highest BCUT2D eigenvalue weighted by molar-refractivity contribution is 7.91. The van der Waals surface area contributed by atoms with E-state index in [2.05, 4.69) is 5.32 Å². The number of anilines is 1. The van der Waals surface area contributed by atoms with Crippen LogP contribution in [-0.2, 0) is 16.0 Å². The first-order valence-corrected chi connectivity index (χ1v) is 8.68. The first kappa shape index (κ1) is 16.1. The quantitative estimate of drug-likeness (QED) is 0.928. The molecule has 0 aromatic heterocycles. The van der Waals surface area contributed by atoms with Crippen molar-refractivity contribution < 1.29 is 21.6 Å². The van der Waals surface area contributed by atoms with Crippen molar-refractivity contribution in [2.45, 2.75) is 43.7 Å². The average Bonchev–Trinajstić information content (AvgIpc) is 2.78. The Kier molecular flexibility index (Phi) is 4.24. The van der Waals surface area contributed by atoms with Gasteiger partial charge in [0.05, 0.1) is 10.8 Å². The third kappa shape index (κ3) is 3.70. The lowest BCUT2D eigenvalue weighted by Crippen LogP contribution is -2.34. The molecule has 3 nitrogen and oxygen atoms in total. The highest BCUT2D eigenvalue weighted by Gasteiger charge is 2.35. The number of rotatable bonds is 3. The molecule has 0 amide bonds. The summed E-state index contributed by atoms with van der Waals surface area (Å²) in [6, 6.07) is 3.15. The van der Waals surface area contributed by atoms with Crippen LogP contribution >= 0.6 is 0 Å². The molecule has 0 aliphatic heterocycles. The van der Waals surface area contributed by atoms with Gasteiger partial charge in [0.25, 0.3) is 0 Å². The predicted octanol–water partition coefficient (Wildman–Crippen LogP) is 3.39. The number of hydrogen-bond acceptors (Lipinski definition) is 3. The first-order valence-electron chi connectivity index (χ1n) is 6.72. The molecular formula is C14H18F3NO2S. The SMILES string of the molecule is Cc1ccc(C(F)(F)F)cc1NC1CCCC1S(C)(=O)=O. The van der Waals surface area contributed by atoms with E-state index >= 15 is 0 Å². The molecular weight excluding hydrogens is 303 g/mol. The van der Waals surface area contributed by atoms with Gasteiger partial charge in [0, 0.05) is 18.0 Å². The number of halogens is 3. The summed E-state index contributed by atoms with van der Waals surface area (Å²) in [5.41, 5.74) is 0.289. The molecule has 7 heteroatoms. The normalized spacial score (nSPS) is 23.3. The van der Waals surface area contributed by atoms with Gasteiger partial charge in [-0.3, -0.25) is 0 Å². The summed E-state index contributed by atoms with van der Waals surface area (Å²) in [6.07, 6.45) is -1.28. The van der Waals surface area contributed by atoms with E-state index in [1.807, 2.05) is 0 Å². The molecule has 0 heterocycles. The van der Waals surface area contributed by atoms with E-state index in [0.29, 0.717) is 24.1 Å². The third-order valence-electron chi connectivity index (χ3n) is 3.91. The second-order valence-electron chi connectivity index (χ2n) is 5.58. The second kappa shape index (κ2) is 5.51. The standard InChI is InChI=1S/C14H18F3NO2S/c1-9-6-7-10(14(15,16)17)8-12(9)18-11-4-3-5-13(11)21(2,19)20/h6-8,11,13,18H,3-5H2,1-2H3. The Morgan fingerprint density at radius 2 is 1.90 bits per heavy atom. The van der Waals surface area contributed by atoms with Gasteiger partial charge in [-0.05, 0) is 43.9 Å². The minimum atomic E-state index is -4.41. The van der Waals surface area contributed by atoms with E-state index in [9.17, 15) is 21.6 Å². The highest BCUT2D eigenvalue weighted by atomic mass is 32.2. The molecule has 0 spiro atoms. The van der Waals surface area contributed by atoms with Gasteiger partial charge in [0.15, 0.2) is 9.84 Å². The van der Waals surface area contributed by atoms with Crippen LogP contribution in [0.3, 0.4) is 0 Å². The van der Waals surface area contributed by atoms with E-state index in [1.165, 1.54) is 12.3 Å². The van der Waals surface area contributed by atoms with E-state index in [4.69, 9.17) is 0 Å². The Morgan fingerprint density at radius 1 is 1.24 bits per heavy atom. The van der Waals surface area contributed by atoms with E-state index in [0.717, 1.165) is 18.6 Å². The van der Waals surface area contributed by atoms with Gasteiger partial charge in [-0.15, -0.1) is 0 Å². The van der Waals surface area contributed by atoms with Gasteiger partial charge in [-0.2, -0.15) is 13.2 Å². The van der Waals surface area contributed by atoms with Crippen molar-refractivity contribution in [1.29, 1.82) is 0 Å². The number of benzene rings is 1. The van der Waals surface area contributed by atoms with Gasteiger partial charge in [-0.1, -0.05) is 6.07 Å². The number of aryl methyl sites for hydroxylation is 1. The number of hydrogen-bond donors (Lipinski definition) is 1. The molecule has 1 saturated carbocycles. The van der Waals surface area contributed by atoms with Gasteiger partial charge >= 0.3 is 6.18 Å². The summed E-state index contributed by atoms with van der Waals surface area (Å²) < 4.78 is 61.7. The summed E-state index contributed by atoms with van der Waals surface area (Å²) in [5.74, 6) is 0. The maximum Gasteiger partial charge on any atom is 0.416 e. The molecule has 21 heavy (non-hydrogen) atoms. The Morgan fingerprint density at radius 3 is 2.48 bits per heavy atom. The van der Waals surface area contributed by atoms with Gasteiger partial charge in [-0.25, -0.2) is 8.42 Å². The summed E-state index contributed by atoms with van der Waals surface area (Å²) >= 11 is 0. The summed E-state index contributed by atoms with van der Waals surface area (Å²) in [6.45, 7) is 1.70. The summed E-state index contributed by atoms with van der Waals surface area (Å²) in [7, 11) is -3.21. The molecule has 1 fully saturated rings.